The Morgan fingerprint density at radius 3 is 0.907 bits per heavy atom. The Kier molecular flexibility index (Phi) is 20.9. The van der Waals surface area contributed by atoms with E-state index in [0.29, 0.717) is 56.9 Å². The highest BCUT2D eigenvalue weighted by molar-refractivity contribution is 7.87. The summed E-state index contributed by atoms with van der Waals surface area (Å²) in [4.78, 5) is 10.4. The number of amides is 2. The molecule has 8 N–H and O–H groups in total. The fraction of sp³-hybridized carbons (Fsp3) is 0.245. The van der Waals surface area contributed by atoms with Gasteiger partial charge in [-0.25, -0.2) is 4.79 Å². The molecular weight excluding hydrogens is 1260 g/mol. The van der Waals surface area contributed by atoms with Crippen LogP contribution in [0.1, 0.15) is 46.2 Å². The van der Waals surface area contributed by atoms with E-state index in [1.54, 1.807) is 53.7 Å². The number of anilines is 2. The van der Waals surface area contributed by atoms with Crippen LogP contribution < -0.4 is 20.1 Å². The Morgan fingerprint density at radius 1 is 0.372 bits per heavy atom. The van der Waals surface area contributed by atoms with Gasteiger partial charge in [0.25, 0.3) is 60.7 Å². The summed E-state index contributed by atoms with van der Waals surface area (Å²) in [5.41, 5.74) is 3.26. The first-order chi connectivity index (χ1) is 39.8. The number of hydrogen-bond donors (Lipinski definition) is 8. The number of urea groups is 1. The van der Waals surface area contributed by atoms with E-state index in [4.69, 9.17) is 9.47 Å². The van der Waals surface area contributed by atoms with Gasteiger partial charge in [0.05, 0.1) is 80.0 Å². The van der Waals surface area contributed by atoms with Crippen molar-refractivity contribution in [3.8, 4) is 11.5 Å². The molecule has 0 heterocycles. The minimum Gasteiger partial charge on any atom is -0.491 e. The Labute approximate surface area is 493 Å². The van der Waals surface area contributed by atoms with Gasteiger partial charge in [-0.3, -0.25) is 27.3 Å². The first-order valence-corrected chi connectivity index (χ1v) is 33.3. The normalized spacial score (nSPS) is 12.9. The Morgan fingerprint density at radius 2 is 0.640 bits per heavy atom. The molecule has 31 nitrogen and oxygen atoms in total. The first-order valence-electron chi connectivity index (χ1n) is 24.4. The molecule has 6 rings (SSSR count). The molecule has 37 heteroatoms. The number of rotatable bonds is 24. The Bertz CT molecular complexity index is 4240. The summed E-state index contributed by atoms with van der Waals surface area (Å²) in [6.45, 7) is 9.15. The topological polar surface area (TPSA) is 485 Å². The van der Waals surface area contributed by atoms with Crippen molar-refractivity contribution in [2.75, 3.05) is 35.4 Å². The van der Waals surface area contributed by atoms with Gasteiger partial charge in [0.15, 0.2) is 0 Å². The van der Waals surface area contributed by atoms with Gasteiger partial charge in [-0.05, 0) is 161 Å². The lowest BCUT2D eigenvalue weighted by Crippen LogP contribution is -2.21. The predicted molar refractivity (Wildman–Crippen MR) is 309 cm³/mol. The van der Waals surface area contributed by atoms with Gasteiger partial charge in [0.1, 0.15) is 32.7 Å². The van der Waals surface area contributed by atoms with E-state index in [-0.39, 0.29) is 71.7 Å². The Hall–Kier alpha value is -7.95. The van der Waals surface area contributed by atoms with Crippen molar-refractivity contribution in [3.63, 3.8) is 0 Å². The number of azo groups is 4. The fourth-order valence-corrected chi connectivity index (χ4v) is 10.9. The fourth-order valence-electron chi connectivity index (χ4n) is 7.45. The highest BCUT2D eigenvalue weighted by Gasteiger charge is 2.24. The van der Waals surface area contributed by atoms with Crippen LogP contribution in [0.15, 0.2) is 145 Å². The molecular formula is C49H52N10O21S6. The molecule has 0 aromatic heterocycles. The number of nitrogens with zero attached hydrogens (tertiary/aromatic N) is 8. The molecule has 0 saturated heterocycles. The van der Waals surface area contributed by atoms with Gasteiger partial charge >= 0.3 is 6.03 Å². The number of aryl methyl sites for hydroxylation is 6. The quantitative estimate of drug-likeness (QED) is 0.0158. The largest absolute Gasteiger partial charge is 0.491 e. The van der Waals surface area contributed by atoms with Crippen LogP contribution in [0.25, 0.3) is 0 Å². The maximum atomic E-state index is 13.9. The average Bonchev–Trinajstić information content (AvgIpc) is 1.35. The summed E-state index contributed by atoms with van der Waals surface area (Å²) in [5, 5.41) is 38.7. The molecule has 0 unspecified atom stereocenters. The van der Waals surface area contributed by atoms with E-state index in [9.17, 15) is 82.6 Å². The van der Waals surface area contributed by atoms with E-state index < -0.39 is 109 Å². The van der Waals surface area contributed by atoms with Gasteiger partial charge in [-0.2, -0.15) is 81.2 Å². The number of carbonyl (C=O) groups excluding carboxylic acids is 1. The van der Waals surface area contributed by atoms with E-state index in [1.165, 1.54) is 36.4 Å². The van der Waals surface area contributed by atoms with Crippen LogP contribution in [0.4, 0.5) is 61.7 Å². The zero-order valence-electron chi connectivity index (χ0n) is 45.7. The lowest BCUT2D eigenvalue weighted by atomic mass is 10.1. The van der Waals surface area contributed by atoms with Crippen molar-refractivity contribution < 1.29 is 92.1 Å². The molecule has 0 fully saturated rings. The minimum absolute atomic E-state index is 0.0328. The molecule has 0 saturated carbocycles. The number of carbonyl (C=O) groups is 1. The number of benzene rings is 6. The van der Waals surface area contributed by atoms with Crippen molar-refractivity contribution in [3.05, 3.63) is 118 Å². The summed E-state index contributed by atoms with van der Waals surface area (Å²) in [5.74, 6) is -1.41. The molecule has 6 aromatic rings. The predicted octanol–water partition coefficient (Wildman–Crippen LogP) is 11.1. The Balaban J connectivity index is 1.27. The lowest BCUT2D eigenvalue weighted by molar-refractivity contribution is 0.261. The lowest BCUT2D eigenvalue weighted by Gasteiger charge is -2.17. The summed E-state index contributed by atoms with van der Waals surface area (Å²) in [6.07, 6.45) is -0.377. The van der Waals surface area contributed by atoms with Crippen molar-refractivity contribution in [2.45, 2.75) is 74.0 Å². The molecule has 6 aromatic carbocycles. The third kappa shape index (κ3) is 19.0. The smallest absolute Gasteiger partial charge is 0.323 e. The van der Waals surface area contributed by atoms with Gasteiger partial charge in [0, 0.05) is 12.1 Å². The molecule has 0 aliphatic rings. The van der Waals surface area contributed by atoms with Crippen molar-refractivity contribution in [1.29, 1.82) is 0 Å². The number of hydrogen-bond acceptors (Lipinski definition) is 23. The van der Waals surface area contributed by atoms with Crippen LogP contribution in [0.2, 0.25) is 0 Å². The van der Waals surface area contributed by atoms with Crippen LogP contribution >= 0.6 is 0 Å². The molecule has 0 aliphatic heterocycles. The SMILES string of the molecule is Cc1cc(N=Nc2ccc(S(=O)(=O)O)cc2S(=O)(=O)O)c(C)cc1N=Nc1cc(OCCCS(=O)(=O)O)c(NC(=O)Nc2cc(C)c(N=Nc3cc(C)c(N=Nc4ccc(S(=O)(=O)O)cc4S(=O)(=O)O)cc3C)cc2OCCCS(=O)(=O)O)cc1C. The summed E-state index contributed by atoms with van der Waals surface area (Å²) < 4.78 is 209. The van der Waals surface area contributed by atoms with Crippen LogP contribution in [-0.4, -0.2) is 109 Å². The number of ether oxygens (including phenoxy) is 2. The van der Waals surface area contributed by atoms with Crippen molar-refractivity contribution in [2.24, 2.45) is 40.9 Å². The maximum Gasteiger partial charge on any atom is 0.323 e. The van der Waals surface area contributed by atoms with Gasteiger partial charge in [0.2, 0.25) is 0 Å². The summed E-state index contributed by atoms with van der Waals surface area (Å²) in [7, 11) is -28.5. The number of nitrogens with one attached hydrogen (secondary N) is 2. The standard InChI is InChI=1S/C49H52N10O21S6/c1-27-19-39(29(3)17-37(27)54-52-35-11-9-33(83(67,68)69)23-47(35)85(73,74)75)56-58-41-25-45(79-13-7-15-81(61,62)63)43(21-31(41)5)50-49(60)51-44-22-32(6)42(26-46(44)80-14-8-16-82(64,65)66)59-57-40-20-28(2)38(18-30(40)4)55-53-36-12-10-34(84(70,71)72)24-48(36)86(76,77)78/h9-12,17-26H,7-8,13-16H2,1-6H3,(H2,50,51,60)(H,61,62,63)(H,64,65,66)(H,67,68,69)(H,70,71,72)(H,73,74,75)(H,76,77,78). The molecule has 0 radical (unpaired) electrons. The van der Waals surface area contributed by atoms with Gasteiger partial charge in [-0.15, -0.1) is 10.2 Å². The van der Waals surface area contributed by atoms with Gasteiger partial charge < -0.3 is 20.1 Å². The molecule has 86 heavy (non-hydrogen) atoms. The zero-order chi connectivity index (χ0) is 63.9. The molecule has 460 valence electrons. The second kappa shape index (κ2) is 26.8. The van der Waals surface area contributed by atoms with Gasteiger partial charge in [-0.1, -0.05) is 0 Å². The molecule has 2 amide bonds. The zero-order valence-corrected chi connectivity index (χ0v) is 50.6. The molecule has 0 bridgehead atoms. The second-order valence-corrected chi connectivity index (χ2v) is 27.4. The van der Waals surface area contributed by atoms with Crippen LogP contribution in [0, 0.1) is 41.5 Å². The van der Waals surface area contributed by atoms with Crippen LogP contribution in [0.3, 0.4) is 0 Å². The molecule has 0 spiro atoms. The maximum absolute atomic E-state index is 13.9. The average molecular weight is 1310 g/mol. The third-order valence-corrected chi connectivity index (χ3v) is 16.9. The van der Waals surface area contributed by atoms with E-state index in [0.717, 1.165) is 24.3 Å². The van der Waals surface area contributed by atoms with E-state index in [2.05, 4.69) is 51.5 Å². The van der Waals surface area contributed by atoms with Crippen molar-refractivity contribution in [1.82, 2.24) is 0 Å². The highest BCUT2D eigenvalue weighted by Crippen LogP contribution is 2.40. The summed E-state index contributed by atoms with van der Waals surface area (Å²) in [6, 6.07) is 15.6. The monoisotopic (exact) mass is 1310 g/mol. The third-order valence-electron chi connectivity index (χ3n) is 11.8. The molecule has 0 aliphatic carbocycles. The van der Waals surface area contributed by atoms with Crippen LogP contribution in [0.5, 0.6) is 11.5 Å². The first kappa shape index (κ1) is 67.2. The van der Waals surface area contributed by atoms with Crippen LogP contribution in [-0.2, 0) is 60.7 Å². The highest BCUT2D eigenvalue weighted by atomic mass is 32.2. The van der Waals surface area contributed by atoms with E-state index in [1.807, 2.05) is 0 Å². The minimum atomic E-state index is -5.03. The van der Waals surface area contributed by atoms with E-state index >= 15 is 0 Å². The molecule has 0 atom stereocenters. The second-order valence-electron chi connectivity index (χ2n) is 18.6. The van der Waals surface area contributed by atoms with Crippen molar-refractivity contribution >= 4 is 124 Å². The summed E-state index contributed by atoms with van der Waals surface area (Å²) >= 11 is 0.